The van der Waals surface area contributed by atoms with Gasteiger partial charge < -0.3 is 14.6 Å². The lowest BCUT2D eigenvalue weighted by molar-refractivity contribution is 0.0459. The van der Waals surface area contributed by atoms with Crippen LogP contribution in [0.25, 0.3) is 0 Å². The number of phenols is 1. The summed E-state index contributed by atoms with van der Waals surface area (Å²) < 4.78 is 10.6. The minimum atomic E-state index is 0.0563. The van der Waals surface area contributed by atoms with Gasteiger partial charge in [-0.2, -0.15) is 0 Å². The highest BCUT2D eigenvalue weighted by Crippen LogP contribution is 2.32. The normalized spacial score (nSPS) is 20.5. The average Bonchev–Trinajstić information content (AvgIpc) is 2.18. The molecule has 70 valence electrons. The van der Waals surface area contributed by atoms with Crippen molar-refractivity contribution in [2.24, 2.45) is 0 Å². The van der Waals surface area contributed by atoms with E-state index in [1.807, 2.05) is 6.07 Å². The number of ether oxygens (including phenoxy) is 2. The molecule has 0 radical (unpaired) electrons. The minimum Gasteiger partial charge on any atom is -0.508 e. The van der Waals surface area contributed by atoms with Crippen LogP contribution in [0.4, 0.5) is 0 Å². The highest BCUT2D eigenvalue weighted by atomic mass is 16.5. The average molecular weight is 180 g/mol. The van der Waals surface area contributed by atoms with Crippen LogP contribution in [0.3, 0.4) is 0 Å². The molecule has 1 aromatic rings. The maximum Gasteiger partial charge on any atom is 0.126 e. The van der Waals surface area contributed by atoms with Gasteiger partial charge in [0.2, 0.25) is 0 Å². The van der Waals surface area contributed by atoms with Gasteiger partial charge in [0.25, 0.3) is 0 Å². The maximum absolute atomic E-state index is 9.53. The number of benzene rings is 1. The number of methoxy groups -OCH3 is 1. The molecule has 1 aromatic carbocycles. The fourth-order valence-electron chi connectivity index (χ4n) is 1.52. The molecule has 0 aromatic heterocycles. The van der Waals surface area contributed by atoms with Crippen molar-refractivity contribution in [3.8, 4) is 11.5 Å². The summed E-state index contributed by atoms with van der Waals surface area (Å²) in [5, 5.41) is 9.53. The fourth-order valence-corrected chi connectivity index (χ4v) is 1.52. The molecule has 0 spiro atoms. The zero-order valence-electron chi connectivity index (χ0n) is 7.49. The first-order chi connectivity index (χ1) is 6.31. The van der Waals surface area contributed by atoms with Gasteiger partial charge in [0.15, 0.2) is 0 Å². The van der Waals surface area contributed by atoms with E-state index in [2.05, 4.69) is 0 Å². The van der Waals surface area contributed by atoms with E-state index >= 15 is 0 Å². The number of rotatable bonds is 1. The van der Waals surface area contributed by atoms with Crippen LogP contribution in [0, 0.1) is 0 Å². The van der Waals surface area contributed by atoms with Gasteiger partial charge >= 0.3 is 0 Å². The maximum atomic E-state index is 9.53. The first kappa shape index (κ1) is 8.38. The predicted octanol–water partition coefficient (Wildman–Crippen LogP) is 1.34. The number of hydrogen-bond acceptors (Lipinski definition) is 3. The molecular formula is C10H12O3. The van der Waals surface area contributed by atoms with Crippen molar-refractivity contribution < 1.29 is 14.6 Å². The summed E-state index contributed by atoms with van der Waals surface area (Å²) in [7, 11) is 1.65. The topological polar surface area (TPSA) is 38.7 Å². The number of hydrogen-bond donors (Lipinski definition) is 1. The Labute approximate surface area is 76.9 Å². The van der Waals surface area contributed by atoms with E-state index in [9.17, 15) is 5.11 Å². The first-order valence-corrected chi connectivity index (χ1v) is 4.27. The van der Waals surface area contributed by atoms with Crippen LogP contribution >= 0.6 is 0 Å². The highest BCUT2D eigenvalue weighted by Gasteiger charge is 2.21. The Hall–Kier alpha value is -1.22. The van der Waals surface area contributed by atoms with Crippen molar-refractivity contribution in [3.63, 3.8) is 0 Å². The lowest BCUT2D eigenvalue weighted by Gasteiger charge is -2.24. The van der Waals surface area contributed by atoms with E-state index in [0.29, 0.717) is 12.4 Å². The Kier molecular flexibility index (Phi) is 2.10. The van der Waals surface area contributed by atoms with Gasteiger partial charge in [-0.15, -0.1) is 0 Å². The van der Waals surface area contributed by atoms with Gasteiger partial charge in [0.1, 0.15) is 18.1 Å². The van der Waals surface area contributed by atoms with Crippen LogP contribution in [0.15, 0.2) is 18.2 Å². The molecule has 13 heavy (non-hydrogen) atoms. The van der Waals surface area contributed by atoms with Gasteiger partial charge in [-0.05, 0) is 12.1 Å². The van der Waals surface area contributed by atoms with Crippen LogP contribution in [0.1, 0.15) is 5.56 Å². The molecule has 1 unspecified atom stereocenters. The van der Waals surface area contributed by atoms with E-state index in [0.717, 1.165) is 17.7 Å². The number of aromatic hydroxyl groups is 1. The van der Waals surface area contributed by atoms with Crippen molar-refractivity contribution >= 4 is 0 Å². The molecular weight excluding hydrogens is 168 g/mol. The van der Waals surface area contributed by atoms with Crippen molar-refractivity contribution in [3.05, 3.63) is 23.8 Å². The second kappa shape index (κ2) is 3.26. The zero-order chi connectivity index (χ0) is 9.26. The molecule has 1 aliphatic heterocycles. The summed E-state index contributed by atoms with van der Waals surface area (Å²) in [5.74, 6) is 1.06. The predicted molar refractivity (Wildman–Crippen MR) is 48.1 cm³/mol. The van der Waals surface area contributed by atoms with E-state index in [4.69, 9.17) is 9.47 Å². The molecule has 1 heterocycles. The Morgan fingerprint density at radius 1 is 1.54 bits per heavy atom. The van der Waals surface area contributed by atoms with Gasteiger partial charge in [-0.3, -0.25) is 0 Å². The summed E-state index contributed by atoms with van der Waals surface area (Å²) >= 11 is 0. The fraction of sp³-hybridized carbons (Fsp3) is 0.400. The Morgan fingerprint density at radius 3 is 3.15 bits per heavy atom. The van der Waals surface area contributed by atoms with Gasteiger partial charge in [-0.25, -0.2) is 0 Å². The molecule has 1 aliphatic rings. The van der Waals surface area contributed by atoms with Crippen molar-refractivity contribution in [1.29, 1.82) is 0 Å². The molecule has 0 saturated heterocycles. The Balaban J connectivity index is 2.32. The summed E-state index contributed by atoms with van der Waals surface area (Å²) in [6, 6.07) is 5.31. The van der Waals surface area contributed by atoms with Crippen molar-refractivity contribution in [2.75, 3.05) is 13.7 Å². The van der Waals surface area contributed by atoms with E-state index in [1.54, 1.807) is 19.2 Å². The van der Waals surface area contributed by atoms with E-state index in [1.165, 1.54) is 0 Å². The first-order valence-electron chi connectivity index (χ1n) is 4.27. The quantitative estimate of drug-likeness (QED) is 0.708. The lowest BCUT2D eigenvalue weighted by Crippen LogP contribution is -2.27. The zero-order valence-corrected chi connectivity index (χ0v) is 7.49. The highest BCUT2D eigenvalue weighted by molar-refractivity contribution is 5.45. The van der Waals surface area contributed by atoms with Gasteiger partial charge in [0, 0.05) is 19.1 Å². The Bertz CT molecular complexity index is 309. The smallest absolute Gasteiger partial charge is 0.126 e. The summed E-state index contributed by atoms with van der Waals surface area (Å²) in [6.45, 7) is 0.562. The van der Waals surface area contributed by atoms with Gasteiger partial charge in [0.05, 0.1) is 6.10 Å². The van der Waals surface area contributed by atoms with E-state index < -0.39 is 0 Å². The third-order valence-corrected chi connectivity index (χ3v) is 2.30. The lowest BCUT2D eigenvalue weighted by atomic mass is 10.0. The Morgan fingerprint density at radius 2 is 2.38 bits per heavy atom. The standard InChI is InChI=1S/C10H12O3/c1-12-7-5-8-9(11)3-2-4-10(8)13-6-7/h2-4,7,11H,5-6H2,1H3. The molecule has 2 rings (SSSR count). The molecule has 0 fully saturated rings. The monoisotopic (exact) mass is 180 g/mol. The molecule has 1 N–H and O–H groups in total. The largest absolute Gasteiger partial charge is 0.508 e. The third-order valence-electron chi connectivity index (χ3n) is 2.30. The molecule has 3 nitrogen and oxygen atoms in total. The van der Waals surface area contributed by atoms with Crippen LogP contribution in [-0.4, -0.2) is 24.9 Å². The number of fused-ring (bicyclic) bond motifs is 1. The SMILES string of the molecule is COC1COc2cccc(O)c2C1. The molecule has 1 atom stereocenters. The molecule has 0 amide bonds. The molecule has 0 bridgehead atoms. The molecule has 0 saturated carbocycles. The van der Waals surface area contributed by atoms with Crippen LogP contribution in [0.2, 0.25) is 0 Å². The van der Waals surface area contributed by atoms with E-state index in [-0.39, 0.29) is 6.10 Å². The second-order valence-electron chi connectivity index (χ2n) is 3.13. The molecule has 3 heteroatoms. The van der Waals surface area contributed by atoms with Crippen LogP contribution in [-0.2, 0) is 11.2 Å². The van der Waals surface area contributed by atoms with Gasteiger partial charge in [-0.1, -0.05) is 6.07 Å². The minimum absolute atomic E-state index is 0.0563. The second-order valence-corrected chi connectivity index (χ2v) is 3.13. The van der Waals surface area contributed by atoms with Crippen molar-refractivity contribution in [2.45, 2.75) is 12.5 Å². The summed E-state index contributed by atoms with van der Waals surface area (Å²) in [5.41, 5.74) is 0.848. The van der Waals surface area contributed by atoms with Crippen LogP contribution < -0.4 is 4.74 Å². The summed E-state index contributed by atoms with van der Waals surface area (Å²) in [4.78, 5) is 0. The van der Waals surface area contributed by atoms with Crippen molar-refractivity contribution in [1.82, 2.24) is 0 Å². The third kappa shape index (κ3) is 1.47. The summed E-state index contributed by atoms with van der Waals surface area (Å²) in [6.07, 6.45) is 0.777. The number of phenolic OH excluding ortho intramolecular Hbond substituents is 1. The molecule has 0 aliphatic carbocycles. The van der Waals surface area contributed by atoms with Crippen LogP contribution in [0.5, 0.6) is 11.5 Å².